The Kier molecular flexibility index (Phi) is 9.17. The maximum absolute atomic E-state index is 10.8. The quantitative estimate of drug-likeness (QED) is 0.390. The summed E-state index contributed by atoms with van der Waals surface area (Å²) in [6.45, 7) is 1.99. The molecule has 28 heavy (non-hydrogen) atoms. The van der Waals surface area contributed by atoms with E-state index in [0.717, 1.165) is 29.0 Å². The zero-order valence-corrected chi connectivity index (χ0v) is 17.6. The molecular weight excluding hydrogens is 370 g/mol. The van der Waals surface area contributed by atoms with Crippen molar-refractivity contribution in [3.05, 3.63) is 46.3 Å². The van der Waals surface area contributed by atoms with Crippen molar-refractivity contribution < 1.29 is 9.90 Å². The Labute approximate surface area is 171 Å². The van der Waals surface area contributed by atoms with Gasteiger partial charge in [0.25, 0.3) is 0 Å². The van der Waals surface area contributed by atoms with Crippen molar-refractivity contribution >= 4 is 34.0 Å². The molecule has 1 heterocycles. The van der Waals surface area contributed by atoms with Crippen molar-refractivity contribution in [3.8, 4) is 0 Å². The van der Waals surface area contributed by atoms with E-state index in [1.807, 2.05) is 37.4 Å². The van der Waals surface area contributed by atoms with E-state index in [2.05, 4.69) is 10.6 Å². The molecule has 0 aliphatic heterocycles. The molecule has 4 N–H and O–H groups in total. The highest BCUT2D eigenvalue weighted by Crippen LogP contribution is 2.30. The van der Waals surface area contributed by atoms with E-state index in [1.54, 1.807) is 6.92 Å². The molecule has 6 heteroatoms. The number of hydrogen-bond acceptors (Lipinski definition) is 6. The Morgan fingerprint density at radius 2 is 1.93 bits per heavy atom. The molecule has 5 nitrogen and oxygen atoms in total. The Balaban J connectivity index is 0.000000221. The van der Waals surface area contributed by atoms with Crippen LogP contribution in [0.15, 0.2) is 30.3 Å². The van der Waals surface area contributed by atoms with Crippen molar-refractivity contribution in [2.24, 2.45) is 0 Å². The number of carbonyl (C=O) groups is 1. The molecule has 1 fully saturated rings. The van der Waals surface area contributed by atoms with E-state index in [1.165, 1.54) is 49.0 Å². The van der Waals surface area contributed by atoms with Crippen LogP contribution >= 0.6 is 11.3 Å². The first-order valence-corrected chi connectivity index (χ1v) is 10.7. The minimum Gasteiger partial charge on any atom is -0.396 e. The van der Waals surface area contributed by atoms with Gasteiger partial charge in [0.05, 0.1) is 9.88 Å². The fourth-order valence-electron chi connectivity index (χ4n) is 3.25. The summed E-state index contributed by atoms with van der Waals surface area (Å²) in [5.74, 6) is 0. The van der Waals surface area contributed by atoms with Crippen molar-refractivity contribution in [2.75, 3.05) is 24.3 Å². The van der Waals surface area contributed by atoms with Crippen molar-refractivity contribution in [1.29, 1.82) is 5.41 Å². The first-order valence-electron chi connectivity index (χ1n) is 9.86. The summed E-state index contributed by atoms with van der Waals surface area (Å²) in [4.78, 5) is 11.5. The second kappa shape index (κ2) is 11.6. The molecule has 0 atom stereocenters. The van der Waals surface area contributed by atoms with E-state index in [-0.39, 0.29) is 6.61 Å². The summed E-state index contributed by atoms with van der Waals surface area (Å²) in [6, 6.07) is 10.4. The number of aliphatic hydroxyl groups excluding tert-OH is 1. The molecule has 2 aromatic rings. The minimum atomic E-state index is 0.221. The fourth-order valence-corrected chi connectivity index (χ4v) is 4.26. The van der Waals surface area contributed by atoms with Crippen LogP contribution < -0.4 is 10.6 Å². The van der Waals surface area contributed by atoms with Crippen LogP contribution in [-0.4, -0.2) is 36.8 Å². The van der Waals surface area contributed by atoms with E-state index < -0.39 is 0 Å². The minimum absolute atomic E-state index is 0.221. The highest BCUT2D eigenvalue weighted by molar-refractivity contribution is 7.18. The van der Waals surface area contributed by atoms with E-state index in [4.69, 9.17) is 10.5 Å². The van der Waals surface area contributed by atoms with E-state index >= 15 is 0 Å². The highest BCUT2D eigenvalue weighted by atomic mass is 32.1. The van der Waals surface area contributed by atoms with Gasteiger partial charge in [0.1, 0.15) is 0 Å². The summed E-state index contributed by atoms with van der Waals surface area (Å²) >= 11 is 1.46. The van der Waals surface area contributed by atoms with E-state index in [0.29, 0.717) is 16.6 Å². The summed E-state index contributed by atoms with van der Waals surface area (Å²) in [7, 11) is 1.89. The second-order valence-electron chi connectivity index (χ2n) is 7.03. The van der Waals surface area contributed by atoms with Crippen LogP contribution in [0.25, 0.3) is 0 Å². The second-order valence-corrected chi connectivity index (χ2v) is 8.12. The predicted octanol–water partition coefficient (Wildman–Crippen LogP) is 4.96. The number of carbonyl (C=O) groups excluding carboxylic acids is 1. The Morgan fingerprint density at radius 1 is 1.25 bits per heavy atom. The maximum atomic E-state index is 10.8. The molecule has 1 aliphatic rings. The average Bonchev–Trinajstić information content (AvgIpc) is 3.13. The number of thiophene rings is 1. The van der Waals surface area contributed by atoms with Gasteiger partial charge in [-0.1, -0.05) is 31.4 Å². The zero-order chi connectivity index (χ0) is 20.4. The van der Waals surface area contributed by atoms with Crippen LogP contribution in [0.3, 0.4) is 0 Å². The van der Waals surface area contributed by atoms with Gasteiger partial charge in [-0.25, -0.2) is 0 Å². The van der Waals surface area contributed by atoms with Gasteiger partial charge < -0.3 is 21.1 Å². The summed E-state index contributed by atoms with van der Waals surface area (Å²) < 4.78 is 0. The van der Waals surface area contributed by atoms with Crippen molar-refractivity contribution in [1.82, 2.24) is 0 Å². The molecule has 0 amide bonds. The van der Waals surface area contributed by atoms with Crippen LogP contribution in [0.5, 0.6) is 0 Å². The molecule has 0 spiro atoms. The highest BCUT2D eigenvalue weighted by Gasteiger charge is 2.17. The number of aliphatic hydroxyl groups is 1. The molecule has 0 radical (unpaired) electrons. The van der Waals surface area contributed by atoms with Gasteiger partial charge in [0, 0.05) is 36.7 Å². The number of aldehydes is 1. The Bertz CT molecular complexity index is 750. The van der Waals surface area contributed by atoms with E-state index in [9.17, 15) is 4.79 Å². The normalized spacial score (nSPS) is 14.0. The number of rotatable bonds is 7. The Morgan fingerprint density at radius 3 is 2.46 bits per heavy atom. The third-order valence-corrected chi connectivity index (χ3v) is 5.85. The van der Waals surface area contributed by atoms with Gasteiger partial charge in [-0.15, -0.1) is 11.3 Å². The SMILES string of the molecule is CC(=N)c1cc(C=O)sc1NC1CCCCC1.CNc1ccc(CCO)cc1. The van der Waals surface area contributed by atoms with Crippen LogP contribution in [-0.2, 0) is 6.42 Å². The van der Waals surface area contributed by atoms with Gasteiger partial charge in [0.15, 0.2) is 6.29 Å². The predicted molar refractivity (Wildman–Crippen MR) is 119 cm³/mol. The lowest BCUT2D eigenvalue weighted by molar-refractivity contribution is 0.112. The van der Waals surface area contributed by atoms with Crippen LogP contribution in [0.2, 0.25) is 0 Å². The third-order valence-electron chi connectivity index (χ3n) is 4.85. The third kappa shape index (κ3) is 6.77. The molecule has 0 saturated heterocycles. The fraction of sp³-hybridized carbons (Fsp3) is 0.455. The molecule has 152 valence electrons. The molecular formula is C22H31N3O2S. The van der Waals surface area contributed by atoms with Gasteiger partial charge in [-0.3, -0.25) is 4.79 Å². The molecule has 1 saturated carbocycles. The zero-order valence-electron chi connectivity index (χ0n) is 16.8. The summed E-state index contributed by atoms with van der Waals surface area (Å²) in [5, 5.41) is 23.9. The number of anilines is 2. The number of hydrogen-bond donors (Lipinski definition) is 4. The van der Waals surface area contributed by atoms with Crippen LogP contribution in [0, 0.1) is 5.41 Å². The smallest absolute Gasteiger partial charge is 0.160 e. The topological polar surface area (TPSA) is 85.2 Å². The number of benzene rings is 1. The summed E-state index contributed by atoms with van der Waals surface area (Å²) in [6.07, 6.45) is 7.90. The van der Waals surface area contributed by atoms with Gasteiger partial charge in [-0.05, 0) is 49.9 Å². The van der Waals surface area contributed by atoms with Gasteiger partial charge >= 0.3 is 0 Å². The first kappa shape index (κ1) is 22.1. The first-order chi connectivity index (χ1) is 13.6. The molecule has 1 aliphatic carbocycles. The Hall–Kier alpha value is -2.18. The number of nitrogens with one attached hydrogen (secondary N) is 3. The van der Waals surface area contributed by atoms with Crippen molar-refractivity contribution in [3.63, 3.8) is 0 Å². The maximum Gasteiger partial charge on any atom is 0.160 e. The van der Waals surface area contributed by atoms with Gasteiger partial charge in [0.2, 0.25) is 0 Å². The monoisotopic (exact) mass is 401 g/mol. The molecule has 1 aromatic carbocycles. The summed E-state index contributed by atoms with van der Waals surface area (Å²) in [5.41, 5.74) is 3.67. The molecule has 0 unspecified atom stereocenters. The van der Waals surface area contributed by atoms with Crippen molar-refractivity contribution in [2.45, 2.75) is 51.5 Å². The average molecular weight is 402 g/mol. The lowest BCUT2D eigenvalue weighted by Crippen LogP contribution is -2.22. The molecule has 1 aromatic heterocycles. The molecule has 3 rings (SSSR count). The largest absolute Gasteiger partial charge is 0.396 e. The molecule has 0 bridgehead atoms. The standard InChI is InChI=1S/C13H18N2OS.C9H13NO/c1-9(14)12-7-11(8-16)17-13(12)15-10-5-3-2-4-6-10;1-10-9-4-2-8(3-5-9)6-7-11/h7-8,10,14-15H,2-6H2,1H3;2-5,10-11H,6-7H2,1H3. The van der Waals surface area contributed by atoms with Gasteiger partial charge in [-0.2, -0.15) is 0 Å². The lowest BCUT2D eigenvalue weighted by atomic mass is 9.95. The van der Waals surface area contributed by atoms with Crippen LogP contribution in [0.4, 0.5) is 10.7 Å². The van der Waals surface area contributed by atoms with Crippen LogP contribution in [0.1, 0.15) is 59.8 Å². The lowest BCUT2D eigenvalue weighted by Gasteiger charge is -2.23.